The third-order valence-corrected chi connectivity index (χ3v) is 0.376. The first kappa shape index (κ1) is 6.01. The first-order valence-corrected chi connectivity index (χ1v) is 1.88. The van der Waals surface area contributed by atoms with Gasteiger partial charge in [0.15, 0.2) is 0 Å². The van der Waals surface area contributed by atoms with Crippen molar-refractivity contribution in [3.8, 4) is 0 Å². The van der Waals surface area contributed by atoms with Crippen LogP contribution in [0.3, 0.4) is 0 Å². The van der Waals surface area contributed by atoms with Crippen LogP contribution in [0.4, 0.5) is 0 Å². The van der Waals surface area contributed by atoms with Crippen LogP contribution < -0.4 is 11.5 Å². The summed E-state index contributed by atoms with van der Waals surface area (Å²) < 4.78 is 0. The Labute approximate surface area is 42.5 Å². The van der Waals surface area contributed by atoms with Gasteiger partial charge < -0.3 is 16.9 Å². The Morgan fingerprint density at radius 1 is 1.57 bits per heavy atom. The molecule has 0 atom stereocenters. The molecule has 0 fully saturated rings. The highest BCUT2D eigenvalue weighted by molar-refractivity contribution is 5.95. The number of rotatable bonds is 1. The van der Waals surface area contributed by atoms with Gasteiger partial charge in [-0.3, -0.25) is 0 Å². The van der Waals surface area contributed by atoms with E-state index in [0.717, 1.165) is 0 Å². The summed E-state index contributed by atoms with van der Waals surface area (Å²) >= 11 is 0. The second kappa shape index (κ2) is 2.23. The van der Waals surface area contributed by atoms with Crippen LogP contribution in [0.2, 0.25) is 0 Å². The first-order chi connectivity index (χ1) is 3.13. The van der Waals surface area contributed by atoms with Gasteiger partial charge in [0.25, 0.3) is 0 Å². The van der Waals surface area contributed by atoms with Crippen molar-refractivity contribution < 1.29 is 0 Å². The standard InChI is InChI=1S/C4H8N3/c1-3(5)2-4(6)7/h2H,6-7H2,1H3/q-1. The Hall–Kier alpha value is -0.990. The van der Waals surface area contributed by atoms with Gasteiger partial charge in [0.2, 0.25) is 0 Å². The van der Waals surface area contributed by atoms with E-state index in [-0.39, 0.29) is 11.5 Å². The third kappa shape index (κ3) is 5.01. The molecule has 0 aromatic carbocycles. The Kier molecular flexibility index (Phi) is 1.91. The number of nitrogens with zero attached hydrogens (tertiary/aromatic N) is 1. The van der Waals surface area contributed by atoms with Gasteiger partial charge in [-0.2, -0.15) is 5.71 Å². The van der Waals surface area contributed by atoms with Crippen molar-refractivity contribution in [3.63, 3.8) is 0 Å². The maximum atomic E-state index is 8.40. The molecule has 40 valence electrons. The zero-order chi connectivity index (χ0) is 5.86. The largest absolute Gasteiger partial charge is 0.808 e. The lowest BCUT2D eigenvalue weighted by Crippen LogP contribution is -2.08. The molecular formula is C4H8N3-. The smallest absolute Gasteiger partial charge is 0.0917 e. The molecule has 0 radical (unpaired) electrons. The fourth-order valence-electron chi connectivity index (χ4n) is 0.241. The van der Waals surface area contributed by atoms with Crippen molar-refractivity contribution >= 4 is 5.71 Å². The van der Waals surface area contributed by atoms with E-state index in [1.54, 1.807) is 0 Å². The lowest BCUT2D eigenvalue weighted by Gasteiger charge is -1.95. The van der Waals surface area contributed by atoms with Crippen molar-refractivity contribution in [3.05, 3.63) is 17.3 Å². The molecule has 7 heavy (non-hydrogen) atoms. The van der Waals surface area contributed by atoms with Gasteiger partial charge in [0.05, 0.1) is 5.82 Å². The average Bonchev–Trinajstić information content (AvgIpc) is 1.27. The van der Waals surface area contributed by atoms with Crippen molar-refractivity contribution in [1.29, 1.82) is 0 Å². The predicted molar refractivity (Wildman–Crippen MR) is 30.5 cm³/mol. The molecule has 3 heteroatoms. The van der Waals surface area contributed by atoms with Gasteiger partial charge in [0, 0.05) is 0 Å². The zero-order valence-corrected chi connectivity index (χ0v) is 4.18. The molecule has 0 unspecified atom stereocenters. The van der Waals surface area contributed by atoms with E-state index in [9.17, 15) is 0 Å². The van der Waals surface area contributed by atoms with Gasteiger partial charge in [-0.15, -0.1) is 0 Å². The molecule has 0 saturated heterocycles. The molecule has 0 rings (SSSR count). The molecule has 0 aliphatic rings. The molecule has 0 aromatic rings. The lowest BCUT2D eigenvalue weighted by molar-refractivity contribution is 1.26. The molecule has 0 amide bonds. The molecule has 0 bridgehead atoms. The molecule has 0 heterocycles. The highest BCUT2D eigenvalue weighted by atomic mass is 14.8. The summed E-state index contributed by atoms with van der Waals surface area (Å²) in [6.07, 6.45) is 1.28. The summed E-state index contributed by atoms with van der Waals surface area (Å²) in [5.74, 6) is 0.125. The second-order valence-electron chi connectivity index (χ2n) is 1.29. The topological polar surface area (TPSA) is 74.3 Å². The maximum absolute atomic E-state index is 8.40. The van der Waals surface area contributed by atoms with Gasteiger partial charge in [-0.25, -0.2) is 0 Å². The van der Waals surface area contributed by atoms with E-state index >= 15 is 0 Å². The van der Waals surface area contributed by atoms with Crippen LogP contribution in [0, 0.1) is 0 Å². The van der Waals surface area contributed by atoms with Crippen LogP contribution >= 0.6 is 0 Å². The quantitative estimate of drug-likeness (QED) is 0.445. The molecule has 0 aromatic heterocycles. The molecular weight excluding hydrogens is 90.1 g/mol. The fourth-order valence-corrected chi connectivity index (χ4v) is 0.241. The monoisotopic (exact) mass is 98.1 g/mol. The molecule has 0 spiro atoms. The Morgan fingerprint density at radius 2 is 2.00 bits per heavy atom. The molecule has 0 aliphatic heterocycles. The summed E-state index contributed by atoms with van der Waals surface area (Å²) in [6, 6.07) is 0. The zero-order valence-electron chi connectivity index (χ0n) is 4.18. The molecule has 4 N–H and O–H groups in total. The van der Waals surface area contributed by atoms with Crippen LogP contribution in [-0.2, 0) is 0 Å². The Morgan fingerprint density at radius 3 is 2.00 bits per heavy atom. The van der Waals surface area contributed by atoms with E-state index < -0.39 is 0 Å². The van der Waals surface area contributed by atoms with Crippen molar-refractivity contribution in [1.82, 2.24) is 0 Å². The minimum Gasteiger partial charge on any atom is -0.808 e. The Balaban J connectivity index is 3.68. The van der Waals surface area contributed by atoms with E-state index in [4.69, 9.17) is 16.9 Å². The average molecular weight is 98.1 g/mol. The number of allylic oxidation sites excluding steroid dienone is 1. The van der Waals surface area contributed by atoms with Crippen LogP contribution in [0.5, 0.6) is 0 Å². The van der Waals surface area contributed by atoms with E-state index in [0.29, 0.717) is 0 Å². The Bertz CT molecular complexity index is 99.5. The van der Waals surface area contributed by atoms with Gasteiger partial charge in [-0.05, 0) is 6.08 Å². The van der Waals surface area contributed by atoms with Crippen LogP contribution in [0.15, 0.2) is 11.9 Å². The molecule has 0 saturated carbocycles. The summed E-state index contributed by atoms with van der Waals surface area (Å²) in [4.78, 5) is 0. The summed E-state index contributed by atoms with van der Waals surface area (Å²) in [6.45, 7) is 1.50. The fraction of sp³-hybridized carbons (Fsp3) is 0.250. The van der Waals surface area contributed by atoms with Gasteiger partial charge in [-0.1, -0.05) is 6.92 Å². The van der Waals surface area contributed by atoms with Crippen LogP contribution in [0.25, 0.3) is 5.41 Å². The maximum Gasteiger partial charge on any atom is 0.0917 e. The minimum absolute atomic E-state index is 0.125. The lowest BCUT2D eigenvalue weighted by atomic mass is 10.4. The summed E-state index contributed by atoms with van der Waals surface area (Å²) in [7, 11) is 0. The number of hydrogen-bond donors (Lipinski definition) is 2. The van der Waals surface area contributed by atoms with Crippen LogP contribution in [0.1, 0.15) is 6.92 Å². The van der Waals surface area contributed by atoms with Gasteiger partial charge in [0.1, 0.15) is 0 Å². The first-order valence-electron chi connectivity index (χ1n) is 1.88. The number of hydrogen-bond acceptors (Lipinski definition) is 2. The third-order valence-electron chi connectivity index (χ3n) is 0.376. The van der Waals surface area contributed by atoms with Crippen molar-refractivity contribution in [2.45, 2.75) is 6.92 Å². The SMILES string of the molecule is CC(=[N-])C=C(N)N. The molecule has 0 aliphatic carbocycles. The summed E-state index contributed by atoms with van der Waals surface area (Å²) in [5.41, 5.74) is 10.0. The van der Waals surface area contributed by atoms with E-state index in [1.807, 2.05) is 0 Å². The number of nitrogens with two attached hydrogens (primary N) is 2. The van der Waals surface area contributed by atoms with Crippen LogP contribution in [-0.4, -0.2) is 5.71 Å². The van der Waals surface area contributed by atoms with Crippen molar-refractivity contribution in [2.24, 2.45) is 11.5 Å². The summed E-state index contributed by atoms with van der Waals surface area (Å²) in [5, 5.41) is 8.40. The predicted octanol–water partition coefficient (Wildman–Crippen LogP) is -0.224. The van der Waals surface area contributed by atoms with E-state index in [2.05, 4.69) is 0 Å². The van der Waals surface area contributed by atoms with Crippen molar-refractivity contribution in [2.75, 3.05) is 0 Å². The highest BCUT2D eigenvalue weighted by Crippen LogP contribution is 1.73. The highest BCUT2D eigenvalue weighted by Gasteiger charge is 1.68. The second-order valence-corrected chi connectivity index (χ2v) is 1.29. The van der Waals surface area contributed by atoms with E-state index in [1.165, 1.54) is 13.0 Å². The molecule has 3 nitrogen and oxygen atoms in total. The normalized spacial score (nSPS) is 7.57. The minimum atomic E-state index is 0.125. The van der Waals surface area contributed by atoms with Gasteiger partial charge >= 0.3 is 0 Å².